The van der Waals surface area contributed by atoms with E-state index in [0.717, 1.165) is 17.8 Å². The average molecular weight is 427 g/mol. The molecule has 0 spiro atoms. The first-order valence-electron chi connectivity index (χ1n) is 8.41. The predicted octanol–water partition coefficient (Wildman–Crippen LogP) is 4.01. The maximum atomic E-state index is 13.7. The monoisotopic (exact) mass is 426 g/mol. The van der Waals surface area contributed by atoms with Crippen LogP contribution in [0.15, 0.2) is 30.3 Å². The summed E-state index contributed by atoms with van der Waals surface area (Å²) in [4.78, 5) is 26.9. The number of anilines is 2. The van der Waals surface area contributed by atoms with Crippen molar-refractivity contribution in [2.75, 3.05) is 43.6 Å². The molecule has 0 aromatic heterocycles. The molecule has 0 unspecified atom stereocenters. The average Bonchev–Trinajstić information content (AvgIpc) is 2.71. The van der Waals surface area contributed by atoms with Gasteiger partial charge < -0.3 is 19.7 Å². The number of benzene rings is 2. The van der Waals surface area contributed by atoms with E-state index in [2.05, 4.69) is 10.2 Å². The summed E-state index contributed by atoms with van der Waals surface area (Å²) in [7, 11) is 1.25. The van der Waals surface area contributed by atoms with E-state index >= 15 is 0 Å². The number of hydrogen-bond donors (Lipinski definition) is 1. The summed E-state index contributed by atoms with van der Waals surface area (Å²) >= 11 is 11.7. The minimum Gasteiger partial charge on any atom is -0.465 e. The van der Waals surface area contributed by atoms with Gasteiger partial charge in [0.2, 0.25) is 0 Å². The van der Waals surface area contributed by atoms with Crippen molar-refractivity contribution in [3.8, 4) is 0 Å². The Balaban J connectivity index is 1.91. The largest absolute Gasteiger partial charge is 0.465 e. The van der Waals surface area contributed by atoms with Gasteiger partial charge in [-0.15, -0.1) is 0 Å². The molecular formula is C19H17Cl2FN2O4. The van der Waals surface area contributed by atoms with Crippen molar-refractivity contribution in [1.29, 1.82) is 0 Å². The lowest BCUT2D eigenvalue weighted by Gasteiger charge is -2.29. The van der Waals surface area contributed by atoms with Crippen LogP contribution >= 0.6 is 23.2 Å². The van der Waals surface area contributed by atoms with Gasteiger partial charge in [0.25, 0.3) is 5.91 Å². The summed E-state index contributed by atoms with van der Waals surface area (Å²) in [6.45, 7) is 2.55. The second kappa shape index (κ2) is 8.77. The third-order valence-electron chi connectivity index (χ3n) is 4.29. The van der Waals surface area contributed by atoms with Gasteiger partial charge >= 0.3 is 5.97 Å². The van der Waals surface area contributed by atoms with Gasteiger partial charge in [0.15, 0.2) is 0 Å². The molecule has 3 rings (SSSR count). The van der Waals surface area contributed by atoms with Crippen LogP contribution in [0.3, 0.4) is 0 Å². The first-order chi connectivity index (χ1) is 13.4. The van der Waals surface area contributed by atoms with Crippen LogP contribution in [0.5, 0.6) is 0 Å². The summed E-state index contributed by atoms with van der Waals surface area (Å²) in [6, 6.07) is 7.10. The molecule has 9 heteroatoms. The first-order valence-corrected chi connectivity index (χ1v) is 9.17. The van der Waals surface area contributed by atoms with Crippen molar-refractivity contribution < 1.29 is 23.5 Å². The van der Waals surface area contributed by atoms with Crippen molar-refractivity contribution in [3.63, 3.8) is 0 Å². The molecule has 0 atom stereocenters. The predicted molar refractivity (Wildman–Crippen MR) is 105 cm³/mol. The molecule has 148 valence electrons. The Bertz CT molecular complexity index is 917. The van der Waals surface area contributed by atoms with E-state index in [1.54, 1.807) is 18.2 Å². The summed E-state index contributed by atoms with van der Waals surface area (Å²) in [5.74, 6) is -2.06. The first kappa shape index (κ1) is 20.4. The van der Waals surface area contributed by atoms with Crippen LogP contribution in [0.1, 0.15) is 20.7 Å². The molecule has 1 aliphatic heterocycles. The molecule has 1 fully saturated rings. The molecule has 2 aromatic rings. The Hall–Kier alpha value is -2.35. The van der Waals surface area contributed by atoms with Gasteiger partial charge in [-0.3, -0.25) is 4.79 Å². The van der Waals surface area contributed by atoms with Crippen LogP contribution in [-0.2, 0) is 9.47 Å². The number of nitrogens with one attached hydrogen (secondary N) is 1. The molecule has 1 N–H and O–H groups in total. The van der Waals surface area contributed by atoms with Crippen molar-refractivity contribution in [1.82, 2.24) is 0 Å². The molecule has 28 heavy (non-hydrogen) atoms. The van der Waals surface area contributed by atoms with Crippen LogP contribution in [0, 0.1) is 5.82 Å². The number of nitrogens with zero attached hydrogens (tertiary/aromatic N) is 1. The maximum Gasteiger partial charge on any atom is 0.340 e. The van der Waals surface area contributed by atoms with Crippen LogP contribution in [0.2, 0.25) is 10.0 Å². The Kier molecular flexibility index (Phi) is 6.39. The summed E-state index contributed by atoms with van der Waals surface area (Å²) < 4.78 is 23.9. The lowest BCUT2D eigenvalue weighted by Crippen LogP contribution is -2.36. The summed E-state index contributed by atoms with van der Waals surface area (Å²) in [6.07, 6.45) is 0. The van der Waals surface area contributed by atoms with E-state index < -0.39 is 17.7 Å². The Labute approximate surface area is 171 Å². The highest BCUT2D eigenvalue weighted by Crippen LogP contribution is 2.28. The number of carbonyl (C=O) groups excluding carboxylic acids is 2. The summed E-state index contributed by atoms with van der Waals surface area (Å²) in [5, 5.41) is 2.39. The molecule has 2 aromatic carbocycles. The molecule has 0 saturated carbocycles. The fourth-order valence-electron chi connectivity index (χ4n) is 2.82. The smallest absolute Gasteiger partial charge is 0.340 e. The van der Waals surface area contributed by atoms with Crippen molar-refractivity contribution in [3.05, 3.63) is 57.3 Å². The van der Waals surface area contributed by atoms with Gasteiger partial charge in [-0.05, 0) is 30.3 Å². The topological polar surface area (TPSA) is 67.9 Å². The normalized spacial score (nSPS) is 13.9. The Morgan fingerprint density at radius 2 is 1.82 bits per heavy atom. The second-order valence-electron chi connectivity index (χ2n) is 6.02. The third-order valence-corrected chi connectivity index (χ3v) is 4.89. The lowest BCUT2D eigenvalue weighted by atomic mass is 10.1. The van der Waals surface area contributed by atoms with Crippen molar-refractivity contribution >= 4 is 46.5 Å². The Morgan fingerprint density at radius 3 is 2.50 bits per heavy atom. The number of morpholine rings is 1. The number of rotatable bonds is 4. The SMILES string of the molecule is COC(=O)c1cc(N2CCOCC2)ccc1NC(=O)c1cc(F)c(Cl)cc1Cl. The van der Waals surface area contributed by atoms with Gasteiger partial charge in [-0.1, -0.05) is 23.2 Å². The molecule has 0 bridgehead atoms. The zero-order valence-corrected chi connectivity index (χ0v) is 16.4. The molecule has 0 aliphatic carbocycles. The number of methoxy groups -OCH3 is 1. The van der Waals surface area contributed by atoms with E-state index in [0.29, 0.717) is 26.3 Å². The number of carbonyl (C=O) groups is 2. The van der Waals surface area contributed by atoms with Gasteiger partial charge in [-0.2, -0.15) is 0 Å². The number of hydrogen-bond acceptors (Lipinski definition) is 5. The van der Waals surface area contributed by atoms with Crippen LogP contribution in [-0.4, -0.2) is 45.3 Å². The molecule has 1 amide bonds. The molecule has 0 radical (unpaired) electrons. The van der Waals surface area contributed by atoms with Gasteiger partial charge in [0.1, 0.15) is 5.82 Å². The van der Waals surface area contributed by atoms with Gasteiger partial charge in [0.05, 0.1) is 47.2 Å². The maximum absolute atomic E-state index is 13.7. The highest BCUT2D eigenvalue weighted by molar-refractivity contribution is 6.37. The fraction of sp³-hybridized carbons (Fsp3) is 0.263. The summed E-state index contributed by atoms with van der Waals surface area (Å²) in [5.41, 5.74) is 1.10. The quantitative estimate of drug-likeness (QED) is 0.590. The van der Waals surface area contributed by atoms with Crippen LogP contribution in [0.4, 0.5) is 15.8 Å². The van der Waals surface area contributed by atoms with Crippen LogP contribution < -0.4 is 10.2 Å². The lowest BCUT2D eigenvalue weighted by molar-refractivity contribution is 0.0602. The zero-order chi connectivity index (χ0) is 20.3. The standard InChI is InChI=1S/C19H17Cl2FN2O4/c1-27-19(26)13-8-11(24-4-6-28-7-5-24)2-3-17(13)23-18(25)12-9-16(22)15(21)10-14(12)20/h2-3,8-10H,4-7H2,1H3,(H,23,25). The fourth-order valence-corrected chi connectivity index (χ4v) is 3.29. The minimum absolute atomic E-state index is 0.00606. The third kappa shape index (κ3) is 4.38. The van der Waals surface area contributed by atoms with Crippen molar-refractivity contribution in [2.45, 2.75) is 0 Å². The number of ether oxygens (including phenoxy) is 2. The molecule has 1 aliphatic rings. The van der Waals surface area contributed by atoms with Crippen molar-refractivity contribution in [2.24, 2.45) is 0 Å². The highest BCUT2D eigenvalue weighted by Gasteiger charge is 2.20. The molecule has 6 nitrogen and oxygen atoms in total. The van der Waals surface area contributed by atoms with Crippen LogP contribution in [0.25, 0.3) is 0 Å². The Morgan fingerprint density at radius 1 is 1.11 bits per heavy atom. The van der Waals surface area contributed by atoms with E-state index in [4.69, 9.17) is 32.7 Å². The number of amides is 1. The van der Waals surface area contributed by atoms with E-state index in [1.165, 1.54) is 7.11 Å². The van der Waals surface area contributed by atoms with E-state index in [1.807, 2.05) is 0 Å². The number of esters is 1. The van der Waals surface area contributed by atoms with E-state index in [9.17, 15) is 14.0 Å². The van der Waals surface area contributed by atoms with Gasteiger partial charge in [-0.25, -0.2) is 9.18 Å². The minimum atomic E-state index is -0.771. The number of halogens is 3. The zero-order valence-electron chi connectivity index (χ0n) is 14.9. The van der Waals surface area contributed by atoms with Gasteiger partial charge in [0, 0.05) is 18.8 Å². The molecule has 1 saturated heterocycles. The molecule has 1 heterocycles. The molecular weight excluding hydrogens is 410 g/mol. The highest BCUT2D eigenvalue weighted by atomic mass is 35.5. The second-order valence-corrected chi connectivity index (χ2v) is 6.84. The van der Waals surface area contributed by atoms with E-state index in [-0.39, 0.29) is 26.9 Å².